The summed E-state index contributed by atoms with van der Waals surface area (Å²) in [6.07, 6.45) is -0.153. The number of halogens is 3. The molecule has 2 aromatic rings. The van der Waals surface area contributed by atoms with Gasteiger partial charge in [0.15, 0.2) is 0 Å². The van der Waals surface area contributed by atoms with Crippen LogP contribution in [0, 0.1) is 0 Å². The highest BCUT2D eigenvalue weighted by atomic mass is 19.4. The number of hydrogen-bond donors (Lipinski definition) is 1. The van der Waals surface area contributed by atoms with Crippen LogP contribution in [0.1, 0.15) is 60.3 Å². The molecule has 5 rings (SSSR count). The van der Waals surface area contributed by atoms with Crippen molar-refractivity contribution in [1.29, 1.82) is 0 Å². The highest BCUT2D eigenvalue weighted by Crippen LogP contribution is 2.34. The summed E-state index contributed by atoms with van der Waals surface area (Å²) >= 11 is 0. The van der Waals surface area contributed by atoms with E-state index in [2.05, 4.69) is 20.0 Å². The fourth-order valence-electron chi connectivity index (χ4n) is 4.90. The van der Waals surface area contributed by atoms with Gasteiger partial charge in [-0.3, -0.25) is 9.59 Å². The summed E-state index contributed by atoms with van der Waals surface area (Å²) in [5, 5.41) is 6.50. The second-order valence-corrected chi connectivity index (χ2v) is 8.69. The van der Waals surface area contributed by atoms with Crippen molar-refractivity contribution in [2.24, 2.45) is 0 Å². The summed E-state index contributed by atoms with van der Waals surface area (Å²) in [5.41, 5.74) is 1.45. The van der Waals surface area contributed by atoms with Gasteiger partial charge in [-0.1, -0.05) is 30.1 Å². The Balaban J connectivity index is 1.34. The monoisotopic (exact) mass is 464 g/mol. The molecule has 11 heteroatoms. The smallest absolute Gasteiger partial charge is 0.368 e. The number of amides is 2. The maximum atomic E-state index is 13.3. The van der Waals surface area contributed by atoms with E-state index in [-0.39, 0.29) is 35.3 Å². The molecular formula is C22H23F3N4O4. The summed E-state index contributed by atoms with van der Waals surface area (Å²) in [7, 11) is 0. The molecule has 176 valence electrons. The fraction of sp³-hybridized carbons (Fsp3) is 0.545. The molecule has 0 unspecified atom stereocenters. The van der Waals surface area contributed by atoms with E-state index in [0.29, 0.717) is 25.1 Å². The first-order valence-corrected chi connectivity index (χ1v) is 11.1. The molecule has 8 nitrogen and oxygen atoms in total. The molecule has 1 aliphatic carbocycles. The fourth-order valence-corrected chi connectivity index (χ4v) is 4.90. The molecule has 0 radical (unpaired) electrons. The zero-order valence-electron chi connectivity index (χ0n) is 17.7. The van der Waals surface area contributed by atoms with Gasteiger partial charge in [0.25, 0.3) is 5.91 Å². The Labute approximate surface area is 187 Å². The van der Waals surface area contributed by atoms with Crippen LogP contribution < -0.4 is 5.32 Å². The predicted octanol–water partition coefficient (Wildman–Crippen LogP) is 3.32. The molecular weight excluding hydrogens is 441 g/mol. The van der Waals surface area contributed by atoms with E-state index in [1.165, 1.54) is 6.07 Å². The van der Waals surface area contributed by atoms with Crippen molar-refractivity contribution in [2.45, 2.75) is 69.4 Å². The zero-order chi connectivity index (χ0) is 23.2. The van der Waals surface area contributed by atoms with Crippen molar-refractivity contribution in [3.05, 3.63) is 35.2 Å². The lowest BCUT2D eigenvalue weighted by Gasteiger charge is -2.38. The lowest BCUT2D eigenvalue weighted by Crippen LogP contribution is -2.55. The molecule has 3 atom stereocenters. The van der Waals surface area contributed by atoms with Gasteiger partial charge in [-0.15, -0.1) is 0 Å². The molecule has 3 heterocycles. The molecule has 33 heavy (non-hydrogen) atoms. The molecule has 1 aromatic heterocycles. The van der Waals surface area contributed by atoms with Crippen LogP contribution in [0.25, 0.3) is 11.4 Å². The number of nitrogens with zero attached hydrogens (tertiary/aromatic N) is 3. The number of ether oxygens (including phenoxy) is 1. The van der Waals surface area contributed by atoms with Gasteiger partial charge >= 0.3 is 12.1 Å². The Kier molecular flexibility index (Phi) is 5.59. The Morgan fingerprint density at radius 3 is 2.70 bits per heavy atom. The maximum Gasteiger partial charge on any atom is 0.471 e. The van der Waals surface area contributed by atoms with Crippen LogP contribution in [0.15, 0.2) is 22.7 Å². The lowest BCUT2D eigenvalue weighted by atomic mass is 9.89. The molecule has 1 saturated heterocycles. The van der Waals surface area contributed by atoms with Crippen molar-refractivity contribution in [3.8, 4) is 11.4 Å². The van der Waals surface area contributed by atoms with E-state index >= 15 is 0 Å². The van der Waals surface area contributed by atoms with Gasteiger partial charge in [0.2, 0.25) is 11.7 Å². The second kappa shape index (κ2) is 8.44. The lowest BCUT2D eigenvalue weighted by molar-refractivity contribution is -0.159. The molecule has 2 fully saturated rings. The van der Waals surface area contributed by atoms with Gasteiger partial charge in [0, 0.05) is 30.3 Å². The summed E-state index contributed by atoms with van der Waals surface area (Å²) in [6, 6.07) is 4.47. The second-order valence-electron chi connectivity index (χ2n) is 8.69. The molecule has 1 N–H and O–H groups in total. The first-order chi connectivity index (χ1) is 15.8. The van der Waals surface area contributed by atoms with E-state index in [1.54, 1.807) is 17.0 Å². The Bertz CT molecular complexity index is 1060. The first kappa shape index (κ1) is 21.9. The van der Waals surface area contributed by atoms with Crippen LogP contribution in [0.2, 0.25) is 0 Å². The van der Waals surface area contributed by atoms with Crippen LogP contribution in [0.3, 0.4) is 0 Å². The molecule has 1 saturated carbocycles. The minimum atomic E-state index is -4.74. The number of fused-ring (bicyclic) bond motifs is 1. The van der Waals surface area contributed by atoms with Gasteiger partial charge in [-0.25, -0.2) is 0 Å². The molecule has 0 spiro atoms. The SMILES string of the molecule is O=C(N[C@@H]1CCCC[C@H]1N1Cc2ccc(-c3noc(C(F)(F)F)n3)cc2C1=O)[C@H]1CCCO1. The van der Waals surface area contributed by atoms with E-state index < -0.39 is 18.2 Å². The third kappa shape index (κ3) is 4.21. The third-order valence-corrected chi connectivity index (χ3v) is 6.55. The number of benzene rings is 1. The number of nitrogens with one attached hydrogen (secondary N) is 1. The Morgan fingerprint density at radius 1 is 1.15 bits per heavy atom. The van der Waals surface area contributed by atoms with Crippen LogP contribution in [-0.2, 0) is 22.3 Å². The topological polar surface area (TPSA) is 97.6 Å². The van der Waals surface area contributed by atoms with Crippen molar-refractivity contribution in [2.75, 3.05) is 6.61 Å². The number of carbonyl (C=O) groups excluding carboxylic acids is 2. The Morgan fingerprint density at radius 2 is 1.97 bits per heavy atom. The van der Waals surface area contributed by atoms with E-state index in [4.69, 9.17) is 4.74 Å². The summed E-state index contributed by atoms with van der Waals surface area (Å²) in [5.74, 6) is -2.00. The Hall–Kier alpha value is -2.95. The van der Waals surface area contributed by atoms with Crippen molar-refractivity contribution >= 4 is 11.8 Å². The molecule has 1 aromatic carbocycles. The number of carbonyl (C=O) groups is 2. The summed E-state index contributed by atoms with van der Waals surface area (Å²) < 4.78 is 48.2. The minimum absolute atomic E-state index is 0.131. The zero-order valence-corrected chi connectivity index (χ0v) is 17.7. The maximum absolute atomic E-state index is 13.3. The van der Waals surface area contributed by atoms with Crippen LogP contribution in [0.4, 0.5) is 13.2 Å². The standard InChI is InChI=1S/C22H23F3N4O4/c23-22(24,25)21-27-18(28-33-21)12-7-8-13-11-29(20(31)14(13)10-12)16-5-2-1-4-15(16)26-19(30)17-6-3-9-32-17/h7-8,10,15-17H,1-6,9,11H2,(H,26,30)/t15-,16-,17-/m1/s1. The van der Waals surface area contributed by atoms with E-state index in [1.807, 2.05) is 0 Å². The van der Waals surface area contributed by atoms with Crippen LogP contribution >= 0.6 is 0 Å². The number of aromatic nitrogens is 2. The van der Waals surface area contributed by atoms with Gasteiger partial charge in [-0.2, -0.15) is 18.2 Å². The third-order valence-electron chi connectivity index (χ3n) is 6.55. The highest BCUT2D eigenvalue weighted by molar-refractivity contribution is 5.99. The average molecular weight is 464 g/mol. The average Bonchev–Trinajstić information content (AvgIpc) is 3.54. The van der Waals surface area contributed by atoms with E-state index in [9.17, 15) is 22.8 Å². The molecule has 0 bridgehead atoms. The van der Waals surface area contributed by atoms with Gasteiger partial charge in [-0.05, 0) is 37.3 Å². The van der Waals surface area contributed by atoms with Gasteiger partial charge in [0.1, 0.15) is 6.10 Å². The number of hydrogen-bond acceptors (Lipinski definition) is 6. The van der Waals surface area contributed by atoms with Gasteiger partial charge < -0.3 is 19.5 Å². The van der Waals surface area contributed by atoms with Crippen LogP contribution in [0.5, 0.6) is 0 Å². The number of rotatable bonds is 4. The van der Waals surface area contributed by atoms with Crippen LogP contribution in [-0.4, -0.2) is 51.6 Å². The predicted molar refractivity (Wildman–Crippen MR) is 108 cm³/mol. The normalized spacial score (nSPS) is 25.4. The summed E-state index contributed by atoms with van der Waals surface area (Å²) in [6.45, 7) is 0.963. The number of alkyl halides is 3. The first-order valence-electron chi connectivity index (χ1n) is 11.1. The molecule has 2 aliphatic heterocycles. The largest absolute Gasteiger partial charge is 0.471 e. The quantitative estimate of drug-likeness (QED) is 0.746. The minimum Gasteiger partial charge on any atom is -0.368 e. The van der Waals surface area contributed by atoms with Crippen molar-refractivity contribution < 1.29 is 32.0 Å². The summed E-state index contributed by atoms with van der Waals surface area (Å²) in [4.78, 5) is 31.0. The molecule has 2 amide bonds. The van der Waals surface area contributed by atoms with E-state index in [0.717, 1.165) is 37.7 Å². The van der Waals surface area contributed by atoms with Crippen molar-refractivity contribution in [3.63, 3.8) is 0 Å². The highest BCUT2D eigenvalue weighted by Gasteiger charge is 2.41. The van der Waals surface area contributed by atoms with Crippen molar-refractivity contribution in [1.82, 2.24) is 20.4 Å². The molecule has 3 aliphatic rings. The van der Waals surface area contributed by atoms with Gasteiger partial charge in [0.05, 0.1) is 6.04 Å².